The first-order valence-electron chi connectivity index (χ1n) is 4.75. The quantitative estimate of drug-likeness (QED) is 0.704. The molecule has 0 heterocycles. The van der Waals surface area contributed by atoms with E-state index in [1.807, 2.05) is 30.3 Å². The highest BCUT2D eigenvalue weighted by Gasteiger charge is 2.04. The molecule has 0 N–H and O–H groups in total. The molecule has 4 heteroatoms. The van der Waals surface area contributed by atoms with Crippen LogP contribution in [0.25, 0.3) is 0 Å². The zero-order chi connectivity index (χ0) is 11.8. The highest BCUT2D eigenvalue weighted by Crippen LogP contribution is 2.06. The Morgan fingerprint density at radius 2 is 1.50 bits per heavy atom. The largest absolute Gasteiger partial charge is 0.273 e. The second-order valence-electron chi connectivity index (χ2n) is 3.27. The molecule has 4 nitrogen and oxygen atoms in total. The summed E-state index contributed by atoms with van der Waals surface area (Å²) in [5.41, 5.74) is 1.60. The summed E-state index contributed by atoms with van der Waals surface area (Å²) in [4.78, 5) is 1.74. The Hall–Kier alpha value is -2.35. The Labute approximate surface area is 94.6 Å². The van der Waals surface area contributed by atoms with Gasteiger partial charge in [-0.2, -0.15) is 15.8 Å². The molecule has 0 aliphatic carbocycles. The molecule has 0 aliphatic heterocycles. The van der Waals surface area contributed by atoms with Crippen LogP contribution in [0.2, 0.25) is 0 Å². The van der Waals surface area contributed by atoms with Crippen LogP contribution in [0, 0.1) is 34.0 Å². The molecule has 0 bridgehead atoms. The molecule has 0 aromatic heterocycles. The van der Waals surface area contributed by atoms with E-state index in [9.17, 15) is 0 Å². The zero-order valence-electron chi connectivity index (χ0n) is 8.72. The fourth-order valence-corrected chi connectivity index (χ4v) is 1.31. The molecule has 1 rings (SSSR count). The molecule has 0 amide bonds. The normalized spacial score (nSPS) is 9.12. The molecule has 16 heavy (non-hydrogen) atoms. The minimum absolute atomic E-state index is 0.230. The van der Waals surface area contributed by atoms with E-state index in [-0.39, 0.29) is 13.1 Å². The molecule has 0 radical (unpaired) electrons. The summed E-state index contributed by atoms with van der Waals surface area (Å²) < 4.78 is 0. The van der Waals surface area contributed by atoms with E-state index in [1.54, 1.807) is 17.0 Å². The van der Waals surface area contributed by atoms with Gasteiger partial charge in [-0.1, -0.05) is 12.1 Å². The SMILES string of the molecule is N#CCN(CC#N)Cc1ccc(C#N)cc1. The van der Waals surface area contributed by atoms with Crippen LogP contribution in [-0.4, -0.2) is 18.0 Å². The van der Waals surface area contributed by atoms with Crippen molar-refractivity contribution < 1.29 is 0 Å². The van der Waals surface area contributed by atoms with Crippen molar-refractivity contribution >= 4 is 0 Å². The third kappa shape index (κ3) is 3.42. The van der Waals surface area contributed by atoms with E-state index in [0.717, 1.165) is 5.56 Å². The zero-order valence-corrected chi connectivity index (χ0v) is 8.72. The van der Waals surface area contributed by atoms with Crippen LogP contribution >= 0.6 is 0 Å². The molecule has 1 aromatic rings. The van der Waals surface area contributed by atoms with Crippen LogP contribution in [0.1, 0.15) is 11.1 Å². The Morgan fingerprint density at radius 1 is 0.938 bits per heavy atom. The second-order valence-corrected chi connectivity index (χ2v) is 3.27. The number of nitriles is 3. The molecule has 1 aromatic carbocycles. The van der Waals surface area contributed by atoms with Gasteiger partial charge in [-0.05, 0) is 17.7 Å². The lowest BCUT2D eigenvalue weighted by Gasteiger charge is -2.14. The van der Waals surface area contributed by atoms with E-state index in [0.29, 0.717) is 12.1 Å². The van der Waals surface area contributed by atoms with E-state index >= 15 is 0 Å². The van der Waals surface area contributed by atoms with E-state index < -0.39 is 0 Å². The van der Waals surface area contributed by atoms with Crippen LogP contribution in [0.3, 0.4) is 0 Å². The molecule has 0 saturated heterocycles. The van der Waals surface area contributed by atoms with Gasteiger partial charge in [0.05, 0.1) is 36.9 Å². The maximum Gasteiger partial charge on any atom is 0.0991 e. The van der Waals surface area contributed by atoms with Gasteiger partial charge < -0.3 is 0 Å². The average molecular weight is 210 g/mol. The molecule has 78 valence electrons. The molecule has 0 fully saturated rings. The third-order valence-corrected chi connectivity index (χ3v) is 2.08. The smallest absolute Gasteiger partial charge is 0.0991 e. The first kappa shape index (κ1) is 11.7. The van der Waals surface area contributed by atoms with E-state index in [4.69, 9.17) is 15.8 Å². The standard InChI is InChI=1S/C12H10N4/c13-5-7-16(8-6-14)10-12-3-1-11(9-15)2-4-12/h1-4H,7-8,10H2. The maximum absolute atomic E-state index is 8.63. The van der Waals surface area contributed by atoms with Gasteiger partial charge in [0.15, 0.2) is 0 Å². The Bertz CT molecular complexity index is 440. The van der Waals surface area contributed by atoms with Crippen molar-refractivity contribution in [2.75, 3.05) is 13.1 Å². The summed E-state index contributed by atoms with van der Waals surface area (Å²) in [5, 5.41) is 25.8. The minimum Gasteiger partial charge on any atom is -0.273 e. The number of hydrogen-bond donors (Lipinski definition) is 0. The van der Waals surface area contributed by atoms with Gasteiger partial charge in [0.1, 0.15) is 0 Å². The van der Waals surface area contributed by atoms with Crippen molar-refractivity contribution in [3.8, 4) is 18.2 Å². The Kier molecular flexibility index (Phi) is 4.54. The number of nitrogens with zero attached hydrogens (tertiary/aromatic N) is 4. The molecule has 0 atom stereocenters. The van der Waals surface area contributed by atoms with Crippen molar-refractivity contribution in [2.45, 2.75) is 6.54 Å². The monoisotopic (exact) mass is 210 g/mol. The van der Waals surface area contributed by atoms with Gasteiger partial charge in [0.25, 0.3) is 0 Å². The lowest BCUT2D eigenvalue weighted by Crippen LogP contribution is -2.23. The van der Waals surface area contributed by atoms with E-state index in [2.05, 4.69) is 0 Å². The van der Waals surface area contributed by atoms with Gasteiger partial charge >= 0.3 is 0 Å². The van der Waals surface area contributed by atoms with Crippen LogP contribution < -0.4 is 0 Å². The summed E-state index contributed by atoms with van der Waals surface area (Å²) in [5.74, 6) is 0. The first-order chi connectivity index (χ1) is 7.80. The third-order valence-electron chi connectivity index (χ3n) is 2.08. The maximum atomic E-state index is 8.63. The van der Waals surface area contributed by atoms with Crippen molar-refractivity contribution in [3.63, 3.8) is 0 Å². The highest BCUT2D eigenvalue weighted by molar-refractivity contribution is 5.31. The summed E-state index contributed by atoms with van der Waals surface area (Å²) in [6.07, 6.45) is 0. The molecule has 0 saturated carbocycles. The minimum atomic E-state index is 0.230. The van der Waals surface area contributed by atoms with Crippen molar-refractivity contribution in [1.29, 1.82) is 15.8 Å². The van der Waals surface area contributed by atoms with Crippen LogP contribution in [-0.2, 0) is 6.54 Å². The van der Waals surface area contributed by atoms with Gasteiger partial charge in [-0.25, -0.2) is 0 Å². The molecular formula is C12H10N4. The fraction of sp³-hybridized carbons (Fsp3) is 0.250. The fourth-order valence-electron chi connectivity index (χ4n) is 1.31. The number of benzene rings is 1. The second kappa shape index (κ2) is 6.19. The van der Waals surface area contributed by atoms with Gasteiger partial charge in [-0.3, -0.25) is 4.90 Å². The van der Waals surface area contributed by atoms with Crippen molar-refractivity contribution in [2.24, 2.45) is 0 Å². The van der Waals surface area contributed by atoms with Crippen LogP contribution in [0.15, 0.2) is 24.3 Å². The molecule has 0 spiro atoms. The average Bonchev–Trinajstić information content (AvgIpc) is 2.31. The Balaban J connectivity index is 2.68. The summed E-state index contributed by atoms with van der Waals surface area (Å²) >= 11 is 0. The number of hydrogen-bond acceptors (Lipinski definition) is 4. The Morgan fingerprint density at radius 3 is 1.94 bits per heavy atom. The predicted octanol–water partition coefficient (Wildman–Crippen LogP) is 1.41. The summed E-state index contributed by atoms with van der Waals surface area (Å²) in [6.45, 7) is 1.01. The molecule has 0 unspecified atom stereocenters. The molecular weight excluding hydrogens is 200 g/mol. The van der Waals surface area contributed by atoms with E-state index in [1.165, 1.54) is 0 Å². The van der Waals surface area contributed by atoms with Crippen LogP contribution in [0.4, 0.5) is 0 Å². The first-order valence-corrected chi connectivity index (χ1v) is 4.75. The summed E-state index contributed by atoms with van der Waals surface area (Å²) in [6, 6.07) is 13.2. The van der Waals surface area contributed by atoms with Crippen molar-refractivity contribution in [1.82, 2.24) is 4.90 Å². The van der Waals surface area contributed by atoms with Gasteiger partial charge in [0.2, 0.25) is 0 Å². The van der Waals surface area contributed by atoms with Crippen molar-refractivity contribution in [3.05, 3.63) is 35.4 Å². The van der Waals surface area contributed by atoms with Gasteiger partial charge in [-0.15, -0.1) is 0 Å². The summed E-state index contributed by atoms with van der Waals surface area (Å²) in [7, 11) is 0. The highest BCUT2D eigenvalue weighted by atomic mass is 15.1. The molecule has 0 aliphatic rings. The lowest BCUT2D eigenvalue weighted by molar-refractivity contribution is 0.335. The van der Waals surface area contributed by atoms with Crippen LogP contribution in [0.5, 0.6) is 0 Å². The topological polar surface area (TPSA) is 74.6 Å². The predicted molar refractivity (Wildman–Crippen MR) is 57.7 cm³/mol. The lowest BCUT2D eigenvalue weighted by atomic mass is 10.1. The van der Waals surface area contributed by atoms with Gasteiger partial charge in [0, 0.05) is 6.54 Å². The number of rotatable bonds is 4.